The number of benzene rings is 1. The lowest BCUT2D eigenvalue weighted by Crippen LogP contribution is -2.32. The number of aliphatic carboxylic acids is 1. The summed E-state index contributed by atoms with van der Waals surface area (Å²) in [7, 11) is 0. The molecular formula is C13H18ClNO2. The van der Waals surface area contributed by atoms with Crippen molar-refractivity contribution in [3.63, 3.8) is 0 Å². The van der Waals surface area contributed by atoms with Gasteiger partial charge >= 0.3 is 5.97 Å². The zero-order chi connectivity index (χ0) is 12.8. The quantitative estimate of drug-likeness (QED) is 0.822. The van der Waals surface area contributed by atoms with E-state index in [9.17, 15) is 4.79 Å². The monoisotopic (exact) mass is 255 g/mol. The summed E-state index contributed by atoms with van der Waals surface area (Å²) in [5, 5.41) is 12.7. The van der Waals surface area contributed by atoms with Crippen molar-refractivity contribution in [1.82, 2.24) is 5.32 Å². The summed E-state index contributed by atoms with van der Waals surface area (Å²) in [6.45, 7) is 4.67. The van der Waals surface area contributed by atoms with Gasteiger partial charge in [-0.15, -0.1) is 0 Å². The summed E-state index contributed by atoms with van der Waals surface area (Å²) >= 11 is 5.80. The molecule has 2 unspecified atom stereocenters. The predicted molar refractivity (Wildman–Crippen MR) is 69.2 cm³/mol. The van der Waals surface area contributed by atoms with Crippen LogP contribution in [-0.4, -0.2) is 17.1 Å². The molecule has 2 N–H and O–H groups in total. The molecule has 0 aromatic heterocycles. The number of nitrogens with one attached hydrogen (secondary N) is 1. The molecule has 17 heavy (non-hydrogen) atoms. The largest absolute Gasteiger partial charge is 0.481 e. The fourth-order valence-corrected chi connectivity index (χ4v) is 1.66. The highest BCUT2D eigenvalue weighted by Gasteiger charge is 2.14. The van der Waals surface area contributed by atoms with Crippen LogP contribution in [-0.2, 0) is 11.3 Å². The van der Waals surface area contributed by atoms with Crippen LogP contribution in [0, 0.1) is 5.92 Å². The molecule has 4 heteroatoms. The van der Waals surface area contributed by atoms with Gasteiger partial charge in [-0.25, -0.2) is 0 Å². The Kier molecular flexibility index (Phi) is 5.45. The molecule has 1 rings (SSSR count). The Morgan fingerprint density at radius 1 is 1.35 bits per heavy atom. The van der Waals surface area contributed by atoms with Crippen LogP contribution in [0.5, 0.6) is 0 Å². The fraction of sp³-hybridized carbons (Fsp3) is 0.462. The molecule has 1 aromatic rings. The van der Waals surface area contributed by atoms with E-state index in [-0.39, 0.29) is 18.4 Å². The van der Waals surface area contributed by atoms with Crippen molar-refractivity contribution >= 4 is 17.6 Å². The lowest BCUT2D eigenvalue weighted by Gasteiger charge is -2.19. The first-order valence-electron chi connectivity index (χ1n) is 5.68. The number of hydrogen-bond donors (Lipinski definition) is 2. The minimum Gasteiger partial charge on any atom is -0.481 e. The van der Waals surface area contributed by atoms with Crippen LogP contribution in [0.2, 0.25) is 5.02 Å². The summed E-state index contributed by atoms with van der Waals surface area (Å²) in [6.07, 6.45) is 0.189. The van der Waals surface area contributed by atoms with E-state index in [1.54, 1.807) is 0 Å². The van der Waals surface area contributed by atoms with Gasteiger partial charge < -0.3 is 10.4 Å². The van der Waals surface area contributed by atoms with Crippen LogP contribution in [0.3, 0.4) is 0 Å². The molecule has 0 aliphatic heterocycles. The molecular weight excluding hydrogens is 238 g/mol. The van der Waals surface area contributed by atoms with Gasteiger partial charge in [-0.1, -0.05) is 30.7 Å². The molecule has 0 radical (unpaired) electrons. The highest BCUT2D eigenvalue weighted by atomic mass is 35.5. The Morgan fingerprint density at radius 2 is 1.94 bits per heavy atom. The van der Waals surface area contributed by atoms with Crippen molar-refractivity contribution in [3.05, 3.63) is 34.9 Å². The first-order valence-corrected chi connectivity index (χ1v) is 6.06. The number of carboxylic acid groups (broad SMARTS) is 1. The summed E-state index contributed by atoms with van der Waals surface area (Å²) in [5.41, 5.74) is 1.14. The standard InChI is InChI=1S/C13H18ClNO2/c1-9(7-13(16)17)10(2)15-8-11-3-5-12(14)6-4-11/h3-6,9-10,15H,7-8H2,1-2H3,(H,16,17). The van der Waals surface area contributed by atoms with Crippen molar-refractivity contribution in [2.45, 2.75) is 32.9 Å². The predicted octanol–water partition coefficient (Wildman–Crippen LogP) is 2.93. The third kappa shape index (κ3) is 5.20. The third-order valence-electron chi connectivity index (χ3n) is 2.89. The molecule has 0 amide bonds. The number of hydrogen-bond acceptors (Lipinski definition) is 2. The molecule has 0 saturated heterocycles. The Hall–Kier alpha value is -1.06. The second-order valence-corrected chi connectivity index (χ2v) is 4.81. The van der Waals surface area contributed by atoms with Gasteiger partial charge in [-0.3, -0.25) is 4.79 Å². The Labute approximate surface area is 107 Å². The smallest absolute Gasteiger partial charge is 0.303 e. The maximum atomic E-state index is 10.6. The van der Waals surface area contributed by atoms with Crippen molar-refractivity contribution in [3.8, 4) is 0 Å². The second kappa shape index (κ2) is 6.62. The normalized spacial score (nSPS) is 14.3. The van der Waals surface area contributed by atoms with Crippen LogP contribution in [0.15, 0.2) is 24.3 Å². The number of halogens is 1. The summed E-state index contributed by atoms with van der Waals surface area (Å²) in [5.74, 6) is -0.641. The van der Waals surface area contributed by atoms with Crippen molar-refractivity contribution < 1.29 is 9.90 Å². The fourth-order valence-electron chi connectivity index (χ4n) is 1.53. The maximum Gasteiger partial charge on any atom is 0.303 e. The molecule has 0 fully saturated rings. The van der Waals surface area contributed by atoms with E-state index in [4.69, 9.17) is 16.7 Å². The van der Waals surface area contributed by atoms with E-state index in [2.05, 4.69) is 5.32 Å². The van der Waals surface area contributed by atoms with E-state index in [0.717, 1.165) is 17.1 Å². The molecule has 1 aromatic carbocycles. The average Bonchev–Trinajstić information content (AvgIpc) is 2.27. The summed E-state index contributed by atoms with van der Waals surface area (Å²) in [6, 6.07) is 7.79. The van der Waals surface area contributed by atoms with E-state index < -0.39 is 5.97 Å². The first kappa shape index (κ1) is 14.0. The van der Waals surface area contributed by atoms with Crippen LogP contribution in [0.1, 0.15) is 25.8 Å². The Balaban J connectivity index is 2.39. The lowest BCUT2D eigenvalue weighted by molar-refractivity contribution is -0.138. The molecule has 0 heterocycles. The lowest BCUT2D eigenvalue weighted by atomic mass is 10.00. The van der Waals surface area contributed by atoms with Crippen LogP contribution >= 0.6 is 11.6 Å². The van der Waals surface area contributed by atoms with Crippen molar-refractivity contribution in [2.24, 2.45) is 5.92 Å². The second-order valence-electron chi connectivity index (χ2n) is 4.37. The number of carbonyl (C=O) groups is 1. The highest BCUT2D eigenvalue weighted by molar-refractivity contribution is 6.30. The van der Waals surface area contributed by atoms with Crippen LogP contribution in [0.4, 0.5) is 0 Å². The van der Waals surface area contributed by atoms with Crippen molar-refractivity contribution in [1.29, 1.82) is 0 Å². The van der Waals surface area contributed by atoms with Crippen LogP contribution in [0.25, 0.3) is 0 Å². The minimum atomic E-state index is -0.752. The first-order chi connectivity index (χ1) is 7.99. The number of carboxylic acids is 1. The van der Waals surface area contributed by atoms with Gasteiger partial charge in [0, 0.05) is 24.0 Å². The van der Waals surface area contributed by atoms with E-state index >= 15 is 0 Å². The molecule has 0 bridgehead atoms. The van der Waals surface area contributed by atoms with E-state index in [1.807, 2.05) is 38.1 Å². The molecule has 0 saturated carbocycles. The zero-order valence-corrected chi connectivity index (χ0v) is 10.9. The molecule has 0 spiro atoms. The van der Waals surface area contributed by atoms with Gasteiger partial charge in [0.25, 0.3) is 0 Å². The summed E-state index contributed by atoms with van der Waals surface area (Å²) in [4.78, 5) is 10.6. The van der Waals surface area contributed by atoms with Gasteiger partial charge in [0.2, 0.25) is 0 Å². The highest BCUT2D eigenvalue weighted by Crippen LogP contribution is 2.11. The van der Waals surface area contributed by atoms with Gasteiger partial charge in [0.05, 0.1) is 0 Å². The minimum absolute atomic E-state index is 0.111. The van der Waals surface area contributed by atoms with Gasteiger partial charge in [-0.05, 0) is 30.5 Å². The van der Waals surface area contributed by atoms with Gasteiger partial charge in [0.1, 0.15) is 0 Å². The maximum absolute atomic E-state index is 10.6. The molecule has 0 aliphatic carbocycles. The Morgan fingerprint density at radius 3 is 2.47 bits per heavy atom. The van der Waals surface area contributed by atoms with Crippen molar-refractivity contribution in [2.75, 3.05) is 0 Å². The summed E-state index contributed by atoms with van der Waals surface area (Å²) < 4.78 is 0. The van der Waals surface area contributed by atoms with E-state index in [0.29, 0.717) is 0 Å². The van der Waals surface area contributed by atoms with Gasteiger partial charge in [-0.2, -0.15) is 0 Å². The van der Waals surface area contributed by atoms with Crippen LogP contribution < -0.4 is 5.32 Å². The third-order valence-corrected chi connectivity index (χ3v) is 3.14. The Bertz CT molecular complexity index is 364. The zero-order valence-electron chi connectivity index (χ0n) is 10.1. The molecule has 2 atom stereocenters. The molecule has 3 nitrogen and oxygen atoms in total. The average molecular weight is 256 g/mol. The molecule has 94 valence electrons. The SMILES string of the molecule is CC(CC(=O)O)C(C)NCc1ccc(Cl)cc1. The van der Waals surface area contributed by atoms with Gasteiger partial charge in [0.15, 0.2) is 0 Å². The molecule has 0 aliphatic rings. The topological polar surface area (TPSA) is 49.3 Å². The van der Waals surface area contributed by atoms with E-state index in [1.165, 1.54) is 0 Å². The number of rotatable bonds is 6.